The number of nitrogens with one attached hydrogen (secondary N) is 2. The van der Waals surface area contributed by atoms with Gasteiger partial charge in [-0.25, -0.2) is 0 Å². The minimum Gasteiger partial charge on any atom is -0.433 e. The molecule has 0 aliphatic rings. The first-order chi connectivity index (χ1) is 9.70. The Morgan fingerprint density at radius 2 is 2.25 bits per heavy atom. The molecule has 0 aliphatic carbocycles. The minimum atomic E-state index is -2.94. The quantitative estimate of drug-likeness (QED) is 0.809. The van der Waals surface area contributed by atoms with E-state index in [1.807, 2.05) is 6.07 Å². The van der Waals surface area contributed by atoms with Crippen LogP contribution in [0.2, 0.25) is 0 Å². The first-order valence-electron chi connectivity index (χ1n) is 5.35. The lowest BCUT2D eigenvalue weighted by molar-refractivity contribution is -0.0493. The molecule has 0 amide bonds. The van der Waals surface area contributed by atoms with Crippen LogP contribution < -0.4 is 10.1 Å². The summed E-state index contributed by atoms with van der Waals surface area (Å²) in [7, 11) is 0. The molecule has 0 unspecified atom stereocenters. The Hall–Kier alpha value is -3.02. The number of tetrazole rings is 1. The van der Waals surface area contributed by atoms with Gasteiger partial charge < -0.3 is 10.1 Å². The zero-order valence-electron chi connectivity index (χ0n) is 9.92. The summed E-state index contributed by atoms with van der Waals surface area (Å²) < 4.78 is 28.8. The van der Waals surface area contributed by atoms with E-state index in [4.69, 9.17) is 5.26 Å². The van der Waals surface area contributed by atoms with E-state index in [1.54, 1.807) is 12.1 Å². The van der Waals surface area contributed by atoms with Crippen molar-refractivity contribution in [2.45, 2.75) is 6.61 Å². The molecular formula is C11H8F2N6O. The van der Waals surface area contributed by atoms with Crippen molar-refractivity contribution in [1.29, 1.82) is 5.26 Å². The molecule has 20 heavy (non-hydrogen) atoms. The van der Waals surface area contributed by atoms with Crippen LogP contribution in [0.25, 0.3) is 5.57 Å². The van der Waals surface area contributed by atoms with Crippen molar-refractivity contribution < 1.29 is 13.5 Å². The molecule has 2 N–H and O–H groups in total. The van der Waals surface area contributed by atoms with E-state index in [0.717, 1.165) is 0 Å². The lowest BCUT2D eigenvalue weighted by atomic mass is 10.2. The zero-order chi connectivity index (χ0) is 14.4. The molecule has 102 valence electrons. The highest BCUT2D eigenvalue weighted by atomic mass is 19.3. The zero-order valence-corrected chi connectivity index (χ0v) is 9.92. The Kier molecular flexibility index (Phi) is 4.18. The van der Waals surface area contributed by atoms with Crippen LogP contribution in [0.5, 0.6) is 5.75 Å². The maximum Gasteiger partial charge on any atom is 0.387 e. The number of alkyl halides is 2. The van der Waals surface area contributed by atoms with Gasteiger partial charge >= 0.3 is 6.61 Å². The summed E-state index contributed by atoms with van der Waals surface area (Å²) in [6.45, 7) is -2.94. The molecule has 1 aromatic carbocycles. The number of hydrogen-bond acceptors (Lipinski definition) is 6. The Bertz CT molecular complexity index is 635. The van der Waals surface area contributed by atoms with E-state index in [1.165, 1.54) is 18.3 Å². The molecule has 1 heterocycles. The predicted molar refractivity (Wildman–Crippen MR) is 64.5 cm³/mol. The van der Waals surface area contributed by atoms with Crippen LogP contribution in [-0.4, -0.2) is 27.2 Å². The van der Waals surface area contributed by atoms with Crippen molar-refractivity contribution in [3.05, 3.63) is 36.3 Å². The van der Waals surface area contributed by atoms with Crippen LogP contribution in [0.3, 0.4) is 0 Å². The number of allylic oxidation sites excluding steroid dienone is 1. The molecule has 0 bridgehead atoms. The fourth-order valence-corrected chi connectivity index (χ4v) is 1.36. The molecule has 0 saturated heterocycles. The van der Waals surface area contributed by atoms with E-state index < -0.39 is 6.61 Å². The van der Waals surface area contributed by atoms with Gasteiger partial charge in [-0.1, -0.05) is 12.1 Å². The molecule has 0 atom stereocenters. The van der Waals surface area contributed by atoms with Gasteiger partial charge in [-0.05, 0) is 17.3 Å². The number of nitrogens with zero attached hydrogens (tertiary/aromatic N) is 4. The number of para-hydroxylation sites is 2. The first kappa shape index (κ1) is 13.4. The third kappa shape index (κ3) is 3.26. The molecule has 1 aromatic heterocycles. The van der Waals surface area contributed by atoms with Crippen molar-refractivity contribution in [2.24, 2.45) is 0 Å². The summed E-state index contributed by atoms with van der Waals surface area (Å²) in [5.74, 6) is 0.0522. The van der Waals surface area contributed by atoms with Crippen LogP contribution in [0, 0.1) is 11.3 Å². The largest absolute Gasteiger partial charge is 0.433 e. The fourth-order valence-electron chi connectivity index (χ4n) is 1.36. The van der Waals surface area contributed by atoms with Gasteiger partial charge in [0.25, 0.3) is 0 Å². The van der Waals surface area contributed by atoms with E-state index in [-0.39, 0.29) is 22.8 Å². The maximum absolute atomic E-state index is 12.2. The van der Waals surface area contributed by atoms with Crippen LogP contribution in [0.4, 0.5) is 14.5 Å². The Labute approximate surface area is 111 Å². The van der Waals surface area contributed by atoms with Crippen molar-refractivity contribution in [2.75, 3.05) is 5.32 Å². The molecule has 2 rings (SSSR count). The van der Waals surface area contributed by atoms with Gasteiger partial charge in [0.05, 0.1) is 5.69 Å². The molecule has 0 saturated carbocycles. The second-order valence-corrected chi connectivity index (χ2v) is 3.42. The Morgan fingerprint density at radius 1 is 1.45 bits per heavy atom. The normalized spacial score (nSPS) is 11.2. The standard InChI is InChI=1S/C11H8F2N6O/c12-11(13)20-9-4-2-1-3-8(9)15-6-7(5-14)10-16-18-19-17-10/h1-4,6,11,15H,(H,16,17,18,19). The molecule has 7 nitrogen and oxygen atoms in total. The Morgan fingerprint density at radius 3 is 2.90 bits per heavy atom. The molecule has 0 aliphatic heterocycles. The second-order valence-electron chi connectivity index (χ2n) is 3.42. The Balaban J connectivity index is 2.20. The molecule has 9 heteroatoms. The fraction of sp³-hybridized carbons (Fsp3) is 0.0909. The van der Waals surface area contributed by atoms with Gasteiger partial charge in [0, 0.05) is 6.20 Å². The van der Waals surface area contributed by atoms with Gasteiger partial charge in [0.15, 0.2) is 0 Å². The predicted octanol–water partition coefficient (Wildman–Crippen LogP) is 1.78. The number of hydrogen-bond donors (Lipinski definition) is 2. The van der Waals surface area contributed by atoms with Gasteiger partial charge in [-0.2, -0.15) is 19.3 Å². The molecule has 2 aromatic rings. The summed E-state index contributed by atoms with van der Waals surface area (Å²) in [5, 5.41) is 24.5. The first-order valence-corrected chi connectivity index (χ1v) is 5.35. The number of anilines is 1. The van der Waals surface area contributed by atoms with Crippen molar-refractivity contribution >= 4 is 11.3 Å². The third-order valence-corrected chi connectivity index (χ3v) is 2.18. The average molecular weight is 278 g/mol. The number of rotatable bonds is 5. The highest BCUT2D eigenvalue weighted by Crippen LogP contribution is 2.25. The third-order valence-electron chi connectivity index (χ3n) is 2.18. The second kappa shape index (κ2) is 6.24. The molecule has 0 spiro atoms. The number of benzene rings is 1. The highest BCUT2D eigenvalue weighted by molar-refractivity contribution is 5.74. The van der Waals surface area contributed by atoms with Crippen molar-refractivity contribution in [1.82, 2.24) is 20.6 Å². The van der Waals surface area contributed by atoms with E-state index >= 15 is 0 Å². The monoisotopic (exact) mass is 278 g/mol. The summed E-state index contributed by atoms with van der Waals surface area (Å²) >= 11 is 0. The highest BCUT2D eigenvalue weighted by Gasteiger charge is 2.09. The summed E-state index contributed by atoms with van der Waals surface area (Å²) in [5.41, 5.74) is 0.370. The van der Waals surface area contributed by atoms with Crippen LogP contribution in [0.15, 0.2) is 30.5 Å². The number of aromatic amines is 1. The van der Waals surface area contributed by atoms with Crippen molar-refractivity contribution in [3.63, 3.8) is 0 Å². The van der Waals surface area contributed by atoms with E-state index in [2.05, 4.69) is 30.7 Å². The van der Waals surface area contributed by atoms with Crippen molar-refractivity contribution in [3.8, 4) is 11.8 Å². The smallest absolute Gasteiger partial charge is 0.387 e. The average Bonchev–Trinajstić information content (AvgIpc) is 2.95. The number of H-pyrrole nitrogens is 1. The molecule has 0 fully saturated rings. The molecular weight excluding hydrogens is 270 g/mol. The summed E-state index contributed by atoms with van der Waals surface area (Å²) in [4.78, 5) is 0. The number of halogens is 2. The van der Waals surface area contributed by atoms with Gasteiger partial charge in [0.2, 0.25) is 5.82 Å². The topological polar surface area (TPSA) is 99.5 Å². The SMILES string of the molecule is N#CC(=CNc1ccccc1OC(F)F)c1nn[nH]n1. The minimum absolute atomic E-state index is 0.0378. The number of nitriles is 1. The van der Waals surface area contributed by atoms with Crippen LogP contribution in [-0.2, 0) is 0 Å². The molecule has 0 radical (unpaired) electrons. The van der Waals surface area contributed by atoms with Gasteiger partial charge in [-0.3, -0.25) is 0 Å². The number of ether oxygens (including phenoxy) is 1. The van der Waals surface area contributed by atoms with Crippen LogP contribution >= 0.6 is 0 Å². The van der Waals surface area contributed by atoms with E-state index in [9.17, 15) is 8.78 Å². The van der Waals surface area contributed by atoms with Gasteiger partial charge in [0.1, 0.15) is 17.4 Å². The van der Waals surface area contributed by atoms with E-state index in [0.29, 0.717) is 0 Å². The summed E-state index contributed by atoms with van der Waals surface area (Å²) in [6, 6.07) is 7.95. The number of aromatic nitrogens is 4. The van der Waals surface area contributed by atoms with Crippen LogP contribution in [0.1, 0.15) is 5.82 Å². The lowest BCUT2D eigenvalue weighted by Crippen LogP contribution is -2.04. The summed E-state index contributed by atoms with van der Waals surface area (Å²) in [6.07, 6.45) is 1.28. The van der Waals surface area contributed by atoms with Gasteiger partial charge in [-0.15, -0.1) is 10.2 Å². The maximum atomic E-state index is 12.2. The lowest BCUT2D eigenvalue weighted by Gasteiger charge is -2.09.